The Balaban J connectivity index is 1.88. The number of H-pyrrole nitrogens is 1. The summed E-state index contributed by atoms with van der Waals surface area (Å²) in [5, 5.41) is 6.86. The molecule has 2 heterocycles. The Hall–Kier alpha value is -1.92. The molecule has 0 atom stereocenters. The van der Waals surface area contributed by atoms with E-state index in [4.69, 9.17) is 0 Å². The molecular weight excluding hydrogens is 346 g/mol. The van der Waals surface area contributed by atoms with Crippen LogP contribution in [-0.4, -0.2) is 30.5 Å². The molecule has 5 nitrogen and oxygen atoms in total. The highest BCUT2D eigenvalue weighted by Crippen LogP contribution is 2.20. The number of carbonyl (C=O) groups is 1. The van der Waals surface area contributed by atoms with Crippen LogP contribution in [0.3, 0.4) is 0 Å². The Morgan fingerprint density at radius 2 is 2.18 bits per heavy atom. The summed E-state index contributed by atoms with van der Waals surface area (Å²) in [6.07, 6.45) is 3.03. The van der Waals surface area contributed by atoms with Crippen LogP contribution in [0.2, 0.25) is 0 Å². The number of rotatable bonds is 3. The summed E-state index contributed by atoms with van der Waals surface area (Å²) >= 11 is 3.40. The minimum absolute atomic E-state index is 0.228. The van der Waals surface area contributed by atoms with Gasteiger partial charge in [0.15, 0.2) is 0 Å². The lowest BCUT2D eigenvalue weighted by Crippen LogP contribution is -2.30. The predicted molar refractivity (Wildman–Crippen MR) is 90.2 cm³/mol. The van der Waals surface area contributed by atoms with E-state index in [1.165, 1.54) is 11.6 Å². The molecule has 1 aromatic heterocycles. The van der Waals surface area contributed by atoms with Gasteiger partial charge in [0, 0.05) is 34.5 Å². The maximum Gasteiger partial charge on any atom is 0.252 e. The van der Waals surface area contributed by atoms with Crippen LogP contribution >= 0.6 is 15.9 Å². The number of fused-ring (bicyclic) bond motifs is 1. The first kappa shape index (κ1) is 15.0. The van der Waals surface area contributed by atoms with E-state index in [-0.39, 0.29) is 11.5 Å². The van der Waals surface area contributed by atoms with Crippen molar-refractivity contribution in [1.29, 1.82) is 0 Å². The monoisotopic (exact) mass is 361 g/mol. The maximum absolute atomic E-state index is 12.4. The number of hydrogen-bond acceptors (Lipinski definition) is 3. The Bertz CT molecular complexity index is 811. The summed E-state index contributed by atoms with van der Waals surface area (Å²) in [7, 11) is 0. The van der Waals surface area contributed by atoms with Gasteiger partial charge in [0.1, 0.15) is 0 Å². The van der Waals surface area contributed by atoms with E-state index in [1.54, 1.807) is 6.07 Å². The average molecular weight is 362 g/mol. The van der Waals surface area contributed by atoms with Gasteiger partial charge in [0.05, 0.1) is 5.56 Å². The topological polar surface area (TPSA) is 74.0 Å². The number of aromatic amines is 1. The Kier molecular flexibility index (Phi) is 4.40. The number of benzene rings is 1. The number of amides is 1. The first-order valence-corrected chi connectivity index (χ1v) is 7.92. The quantitative estimate of drug-likeness (QED) is 0.731. The Morgan fingerprint density at radius 1 is 1.32 bits per heavy atom. The molecule has 0 radical (unpaired) electrons. The van der Waals surface area contributed by atoms with Gasteiger partial charge >= 0.3 is 0 Å². The smallest absolute Gasteiger partial charge is 0.252 e. The van der Waals surface area contributed by atoms with E-state index < -0.39 is 0 Å². The number of halogens is 1. The maximum atomic E-state index is 12.4. The predicted octanol–water partition coefficient (Wildman–Crippen LogP) is 1.94. The van der Waals surface area contributed by atoms with Crippen LogP contribution in [0.15, 0.2) is 45.2 Å². The standard InChI is InChI=1S/C16H16BrN3O2/c17-11-1-2-14-12(7-11)13(8-15(21)20-14)16(22)19-9-10-3-5-18-6-4-10/h1-3,7-8,18H,4-6,9H2,(H,19,22)(H,20,21). The SMILES string of the molecule is O=C(NCC1=CCNCC1)c1cc(=O)[nH]c2ccc(Br)cc12. The van der Waals surface area contributed by atoms with Crippen molar-refractivity contribution in [3.05, 3.63) is 56.3 Å². The summed E-state index contributed by atoms with van der Waals surface area (Å²) in [5.74, 6) is -0.228. The summed E-state index contributed by atoms with van der Waals surface area (Å²) in [6, 6.07) is 6.80. The van der Waals surface area contributed by atoms with Crippen molar-refractivity contribution in [2.24, 2.45) is 0 Å². The van der Waals surface area contributed by atoms with Crippen molar-refractivity contribution in [1.82, 2.24) is 15.6 Å². The summed E-state index contributed by atoms with van der Waals surface area (Å²) in [6.45, 7) is 2.29. The van der Waals surface area contributed by atoms with Gasteiger partial charge in [-0.3, -0.25) is 9.59 Å². The van der Waals surface area contributed by atoms with E-state index in [2.05, 4.69) is 37.6 Å². The normalized spacial score (nSPS) is 14.7. The molecule has 22 heavy (non-hydrogen) atoms. The van der Waals surface area contributed by atoms with Crippen LogP contribution in [-0.2, 0) is 0 Å². The lowest BCUT2D eigenvalue weighted by molar-refractivity contribution is 0.0958. The highest BCUT2D eigenvalue weighted by Gasteiger charge is 2.13. The fraction of sp³-hybridized carbons (Fsp3) is 0.250. The molecule has 3 N–H and O–H groups in total. The highest BCUT2D eigenvalue weighted by molar-refractivity contribution is 9.10. The third-order valence-electron chi connectivity index (χ3n) is 3.68. The largest absolute Gasteiger partial charge is 0.348 e. The Morgan fingerprint density at radius 3 is 2.95 bits per heavy atom. The van der Waals surface area contributed by atoms with Gasteiger partial charge in [-0.05, 0) is 31.2 Å². The zero-order valence-electron chi connectivity index (χ0n) is 11.9. The minimum atomic E-state index is -0.277. The summed E-state index contributed by atoms with van der Waals surface area (Å²) in [5.41, 5.74) is 1.99. The average Bonchev–Trinajstić information content (AvgIpc) is 2.53. The molecule has 0 spiro atoms. The number of carbonyl (C=O) groups excluding carboxylic acids is 1. The van der Waals surface area contributed by atoms with Crippen LogP contribution in [0.25, 0.3) is 10.9 Å². The van der Waals surface area contributed by atoms with Crippen LogP contribution in [0.5, 0.6) is 0 Å². The molecular formula is C16H16BrN3O2. The molecule has 1 aliphatic heterocycles. The molecule has 0 saturated heterocycles. The number of pyridine rings is 1. The molecule has 1 aliphatic rings. The molecule has 1 aromatic carbocycles. The molecule has 0 fully saturated rings. The number of aromatic nitrogens is 1. The van der Waals surface area contributed by atoms with Crippen LogP contribution in [0.1, 0.15) is 16.8 Å². The van der Waals surface area contributed by atoms with Gasteiger partial charge in [0.2, 0.25) is 5.56 Å². The van der Waals surface area contributed by atoms with Crippen molar-refractivity contribution < 1.29 is 4.79 Å². The van der Waals surface area contributed by atoms with Crippen LogP contribution < -0.4 is 16.2 Å². The molecule has 0 unspecified atom stereocenters. The van der Waals surface area contributed by atoms with Crippen molar-refractivity contribution in [2.45, 2.75) is 6.42 Å². The second kappa shape index (κ2) is 6.46. The molecule has 6 heteroatoms. The fourth-order valence-electron chi connectivity index (χ4n) is 2.53. The van der Waals surface area contributed by atoms with Gasteiger partial charge in [0.25, 0.3) is 5.91 Å². The van der Waals surface area contributed by atoms with E-state index >= 15 is 0 Å². The van der Waals surface area contributed by atoms with E-state index in [1.807, 2.05) is 12.1 Å². The highest BCUT2D eigenvalue weighted by atomic mass is 79.9. The molecule has 114 valence electrons. The van der Waals surface area contributed by atoms with Gasteiger partial charge in [-0.2, -0.15) is 0 Å². The van der Waals surface area contributed by atoms with Gasteiger partial charge in [-0.1, -0.05) is 27.6 Å². The van der Waals surface area contributed by atoms with Gasteiger partial charge < -0.3 is 15.6 Å². The molecule has 2 aromatic rings. The second-order valence-electron chi connectivity index (χ2n) is 5.24. The molecule has 1 amide bonds. The van der Waals surface area contributed by atoms with E-state index in [9.17, 15) is 9.59 Å². The van der Waals surface area contributed by atoms with Crippen LogP contribution in [0, 0.1) is 0 Å². The minimum Gasteiger partial charge on any atom is -0.348 e. The lowest BCUT2D eigenvalue weighted by atomic mass is 10.1. The molecule has 3 rings (SSSR count). The Labute approximate surface area is 135 Å². The molecule has 0 aliphatic carbocycles. The first-order chi connectivity index (χ1) is 10.6. The third-order valence-corrected chi connectivity index (χ3v) is 4.18. The van der Waals surface area contributed by atoms with E-state index in [0.717, 1.165) is 29.4 Å². The summed E-state index contributed by atoms with van der Waals surface area (Å²) in [4.78, 5) is 26.9. The zero-order chi connectivity index (χ0) is 15.5. The second-order valence-corrected chi connectivity index (χ2v) is 6.15. The van der Waals surface area contributed by atoms with Crippen LogP contribution in [0.4, 0.5) is 0 Å². The lowest BCUT2D eigenvalue weighted by Gasteiger charge is -2.15. The van der Waals surface area contributed by atoms with Crippen molar-refractivity contribution in [3.8, 4) is 0 Å². The van der Waals surface area contributed by atoms with Crippen molar-refractivity contribution in [2.75, 3.05) is 19.6 Å². The number of hydrogen-bond donors (Lipinski definition) is 3. The van der Waals surface area contributed by atoms with Gasteiger partial charge in [-0.15, -0.1) is 0 Å². The number of nitrogens with one attached hydrogen (secondary N) is 3. The zero-order valence-corrected chi connectivity index (χ0v) is 13.5. The van der Waals surface area contributed by atoms with Crippen molar-refractivity contribution >= 4 is 32.7 Å². The molecule has 0 saturated carbocycles. The summed E-state index contributed by atoms with van der Waals surface area (Å²) < 4.78 is 0.863. The van der Waals surface area contributed by atoms with E-state index in [0.29, 0.717) is 17.6 Å². The third kappa shape index (κ3) is 3.28. The molecule has 0 bridgehead atoms. The first-order valence-electron chi connectivity index (χ1n) is 7.13. The van der Waals surface area contributed by atoms with Gasteiger partial charge in [-0.25, -0.2) is 0 Å². The fourth-order valence-corrected chi connectivity index (χ4v) is 2.89. The van der Waals surface area contributed by atoms with Crippen molar-refractivity contribution in [3.63, 3.8) is 0 Å².